The van der Waals surface area contributed by atoms with Gasteiger partial charge in [0.25, 0.3) is 5.91 Å². The number of furan rings is 1. The minimum atomic E-state index is -0.201. The van der Waals surface area contributed by atoms with Crippen molar-refractivity contribution in [3.05, 3.63) is 54.3 Å². The van der Waals surface area contributed by atoms with Gasteiger partial charge in [0.2, 0.25) is 0 Å². The van der Waals surface area contributed by atoms with Gasteiger partial charge in [-0.1, -0.05) is 6.07 Å². The SMILES string of the molecule is O=C(NCCc1ccc2ocnc2c1)c1ccco1. The molecule has 3 rings (SSSR count). The zero-order valence-electron chi connectivity index (χ0n) is 10.1. The predicted octanol–water partition coefficient (Wildman–Crippen LogP) is 2.39. The van der Waals surface area contributed by atoms with E-state index in [1.807, 2.05) is 18.2 Å². The highest BCUT2D eigenvalue weighted by Crippen LogP contribution is 2.14. The lowest BCUT2D eigenvalue weighted by atomic mass is 10.1. The van der Waals surface area contributed by atoms with Gasteiger partial charge in [-0.05, 0) is 36.2 Å². The summed E-state index contributed by atoms with van der Waals surface area (Å²) < 4.78 is 10.2. The second-order valence-corrected chi connectivity index (χ2v) is 4.14. The van der Waals surface area contributed by atoms with Crippen molar-refractivity contribution in [3.63, 3.8) is 0 Å². The monoisotopic (exact) mass is 256 g/mol. The van der Waals surface area contributed by atoms with Gasteiger partial charge in [-0.25, -0.2) is 4.98 Å². The molecule has 19 heavy (non-hydrogen) atoms. The van der Waals surface area contributed by atoms with E-state index in [0.717, 1.165) is 23.1 Å². The molecule has 0 fully saturated rings. The lowest BCUT2D eigenvalue weighted by Crippen LogP contribution is -2.25. The molecule has 0 bridgehead atoms. The molecule has 0 spiro atoms. The normalized spacial score (nSPS) is 10.7. The van der Waals surface area contributed by atoms with Crippen LogP contribution in [0, 0.1) is 0 Å². The predicted molar refractivity (Wildman–Crippen MR) is 68.8 cm³/mol. The Morgan fingerprint density at radius 2 is 2.21 bits per heavy atom. The van der Waals surface area contributed by atoms with E-state index in [1.54, 1.807) is 12.1 Å². The van der Waals surface area contributed by atoms with Crippen LogP contribution in [-0.4, -0.2) is 17.4 Å². The molecule has 0 saturated carbocycles. The highest BCUT2D eigenvalue weighted by molar-refractivity contribution is 5.91. The first kappa shape index (κ1) is 11.5. The van der Waals surface area contributed by atoms with Crippen LogP contribution in [0.25, 0.3) is 11.1 Å². The quantitative estimate of drug-likeness (QED) is 0.778. The van der Waals surface area contributed by atoms with Crippen LogP contribution in [0.4, 0.5) is 0 Å². The molecule has 0 aliphatic heterocycles. The summed E-state index contributed by atoms with van der Waals surface area (Å²) in [4.78, 5) is 15.7. The standard InChI is InChI=1S/C14H12N2O3/c17-14(13-2-1-7-18-13)15-6-5-10-3-4-12-11(8-10)16-9-19-12/h1-4,7-9H,5-6H2,(H,15,17). The molecule has 5 nitrogen and oxygen atoms in total. The van der Waals surface area contributed by atoms with Crippen molar-refractivity contribution in [2.75, 3.05) is 6.54 Å². The van der Waals surface area contributed by atoms with E-state index in [-0.39, 0.29) is 5.91 Å². The van der Waals surface area contributed by atoms with Gasteiger partial charge in [0.05, 0.1) is 6.26 Å². The molecular formula is C14H12N2O3. The summed E-state index contributed by atoms with van der Waals surface area (Å²) in [7, 11) is 0. The number of nitrogens with one attached hydrogen (secondary N) is 1. The number of oxazole rings is 1. The largest absolute Gasteiger partial charge is 0.459 e. The van der Waals surface area contributed by atoms with Crippen molar-refractivity contribution in [3.8, 4) is 0 Å². The molecule has 2 aromatic heterocycles. The Hall–Kier alpha value is -2.56. The van der Waals surface area contributed by atoms with Gasteiger partial charge in [0.1, 0.15) is 5.52 Å². The fourth-order valence-electron chi connectivity index (χ4n) is 1.87. The minimum Gasteiger partial charge on any atom is -0.459 e. The number of benzene rings is 1. The van der Waals surface area contributed by atoms with E-state index >= 15 is 0 Å². The third-order valence-corrected chi connectivity index (χ3v) is 2.84. The summed E-state index contributed by atoms with van der Waals surface area (Å²) in [5.74, 6) is 0.125. The van der Waals surface area contributed by atoms with Crippen LogP contribution < -0.4 is 5.32 Å². The van der Waals surface area contributed by atoms with E-state index in [2.05, 4.69) is 10.3 Å². The van der Waals surface area contributed by atoms with Crippen LogP contribution in [0.5, 0.6) is 0 Å². The third kappa shape index (κ3) is 2.49. The summed E-state index contributed by atoms with van der Waals surface area (Å²) in [6.45, 7) is 0.545. The molecular weight excluding hydrogens is 244 g/mol. The van der Waals surface area contributed by atoms with Gasteiger partial charge >= 0.3 is 0 Å². The van der Waals surface area contributed by atoms with Gasteiger partial charge in [-0.2, -0.15) is 0 Å². The van der Waals surface area contributed by atoms with Crippen molar-refractivity contribution in [2.45, 2.75) is 6.42 Å². The highest BCUT2D eigenvalue weighted by Gasteiger charge is 2.07. The Kier molecular flexibility index (Phi) is 3.02. The first-order valence-corrected chi connectivity index (χ1v) is 5.97. The summed E-state index contributed by atoms with van der Waals surface area (Å²) in [6, 6.07) is 9.13. The second kappa shape index (κ2) is 4.97. The van der Waals surface area contributed by atoms with Crippen LogP contribution in [0.3, 0.4) is 0 Å². The van der Waals surface area contributed by atoms with Crippen LogP contribution in [0.1, 0.15) is 16.1 Å². The zero-order chi connectivity index (χ0) is 13.1. The van der Waals surface area contributed by atoms with E-state index in [9.17, 15) is 4.79 Å². The molecule has 1 aromatic carbocycles. The summed E-state index contributed by atoms with van der Waals surface area (Å²) in [6.07, 6.45) is 3.63. The average Bonchev–Trinajstić information content (AvgIpc) is 3.09. The number of hydrogen-bond donors (Lipinski definition) is 1. The van der Waals surface area contributed by atoms with Crippen molar-refractivity contribution >= 4 is 17.0 Å². The summed E-state index contributed by atoms with van der Waals surface area (Å²) in [5, 5.41) is 2.80. The number of hydrogen-bond acceptors (Lipinski definition) is 4. The molecule has 0 atom stereocenters. The first-order chi connectivity index (χ1) is 9.33. The molecule has 96 valence electrons. The number of carbonyl (C=O) groups excluding carboxylic acids is 1. The van der Waals surface area contributed by atoms with Crippen molar-refractivity contribution in [1.82, 2.24) is 10.3 Å². The van der Waals surface area contributed by atoms with Crippen molar-refractivity contribution < 1.29 is 13.6 Å². The van der Waals surface area contributed by atoms with Crippen LogP contribution in [0.2, 0.25) is 0 Å². The Morgan fingerprint density at radius 3 is 3.05 bits per heavy atom. The maximum absolute atomic E-state index is 11.6. The van der Waals surface area contributed by atoms with Crippen LogP contribution >= 0.6 is 0 Å². The molecule has 5 heteroatoms. The van der Waals surface area contributed by atoms with Crippen LogP contribution in [0.15, 0.2) is 51.8 Å². The van der Waals surface area contributed by atoms with E-state index < -0.39 is 0 Å². The fourth-order valence-corrected chi connectivity index (χ4v) is 1.87. The van der Waals surface area contributed by atoms with Crippen molar-refractivity contribution in [2.24, 2.45) is 0 Å². The Morgan fingerprint density at radius 1 is 1.26 bits per heavy atom. The molecule has 1 amide bonds. The number of carbonyl (C=O) groups is 1. The maximum Gasteiger partial charge on any atom is 0.286 e. The third-order valence-electron chi connectivity index (χ3n) is 2.84. The Labute approximate surface area is 109 Å². The number of fused-ring (bicyclic) bond motifs is 1. The maximum atomic E-state index is 11.6. The number of rotatable bonds is 4. The van der Waals surface area contributed by atoms with Crippen molar-refractivity contribution in [1.29, 1.82) is 0 Å². The van der Waals surface area contributed by atoms with E-state index in [1.165, 1.54) is 12.7 Å². The van der Waals surface area contributed by atoms with E-state index in [4.69, 9.17) is 8.83 Å². The lowest BCUT2D eigenvalue weighted by Gasteiger charge is -2.03. The number of nitrogens with zero attached hydrogens (tertiary/aromatic N) is 1. The molecule has 3 aromatic rings. The minimum absolute atomic E-state index is 0.201. The highest BCUT2D eigenvalue weighted by atomic mass is 16.3. The molecule has 0 aliphatic rings. The Bertz CT molecular complexity index is 686. The Balaban J connectivity index is 1.58. The molecule has 0 unspecified atom stereocenters. The lowest BCUT2D eigenvalue weighted by molar-refractivity contribution is 0.0926. The van der Waals surface area contributed by atoms with Gasteiger partial charge in [0, 0.05) is 6.54 Å². The van der Waals surface area contributed by atoms with Gasteiger partial charge < -0.3 is 14.2 Å². The molecule has 0 radical (unpaired) electrons. The molecule has 0 aliphatic carbocycles. The average molecular weight is 256 g/mol. The van der Waals surface area contributed by atoms with E-state index in [0.29, 0.717) is 12.3 Å². The molecule has 1 N–H and O–H groups in total. The van der Waals surface area contributed by atoms with Gasteiger partial charge in [0.15, 0.2) is 17.7 Å². The number of aromatic nitrogens is 1. The molecule has 2 heterocycles. The topological polar surface area (TPSA) is 68.3 Å². The summed E-state index contributed by atoms with van der Waals surface area (Å²) >= 11 is 0. The zero-order valence-corrected chi connectivity index (χ0v) is 10.1. The molecule has 0 saturated heterocycles. The smallest absolute Gasteiger partial charge is 0.286 e. The van der Waals surface area contributed by atoms with Gasteiger partial charge in [-0.3, -0.25) is 4.79 Å². The van der Waals surface area contributed by atoms with Gasteiger partial charge in [-0.15, -0.1) is 0 Å². The fraction of sp³-hybridized carbons (Fsp3) is 0.143. The second-order valence-electron chi connectivity index (χ2n) is 4.14. The number of amides is 1. The first-order valence-electron chi connectivity index (χ1n) is 5.97. The van der Waals surface area contributed by atoms with Crippen LogP contribution in [-0.2, 0) is 6.42 Å². The summed E-state index contributed by atoms with van der Waals surface area (Å²) in [5.41, 5.74) is 2.69.